The van der Waals surface area contributed by atoms with Crippen molar-refractivity contribution in [1.82, 2.24) is 15.2 Å². The van der Waals surface area contributed by atoms with Crippen LogP contribution in [0.4, 0.5) is 0 Å². The number of rotatable bonds is 10. The minimum absolute atomic E-state index is 0.0352. The molecule has 0 bridgehead atoms. The number of benzene rings is 2. The van der Waals surface area contributed by atoms with Gasteiger partial charge in [-0.1, -0.05) is 18.2 Å². The highest BCUT2D eigenvalue weighted by atomic mass is 16.7. The number of likely N-dealkylation sites (tertiary alicyclic amines) is 1. The van der Waals surface area contributed by atoms with Crippen LogP contribution in [0.3, 0.4) is 0 Å². The summed E-state index contributed by atoms with van der Waals surface area (Å²) in [5.41, 5.74) is 1.68. The third-order valence-corrected chi connectivity index (χ3v) is 6.99. The topological polar surface area (TPSA) is 91.4 Å². The molecule has 1 N–H and O–H groups in total. The molecule has 5 rings (SSSR count). The lowest BCUT2D eigenvalue weighted by Crippen LogP contribution is -2.43. The van der Waals surface area contributed by atoms with Crippen LogP contribution in [-0.2, 0) is 4.79 Å². The summed E-state index contributed by atoms with van der Waals surface area (Å²) in [7, 11) is 3.23. The molecule has 2 aliphatic heterocycles. The second kappa shape index (κ2) is 12.0. The number of carbonyl (C=O) groups is 1. The van der Waals surface area contributed by atoms with Crippen molar-refractivity contribution in [3.05, 3.63) is 72.1 Å². The predicted octanol–water partition coefficient (Wildman–Crippen LogP) is 3.82. The predicted molar refractivity (Wildman–Crippen MR) is 141 cm³/mol. The molecule has 2 aromatic carbocycles. The minimum atomic E-state index is -0.375. The van der Waals surface area contributed by atoms with Gasteiger partial charge in [-0.05, 0) is 67.9 Å². The van der Waals surface area contributed by atoms with Crippen molar-refractivity contribution in [3.63, 3.8) is 0 Å². The molecule has 200 valence electrons. The van der Waals surface area contributed by atoms with Crippen molar-refractivity contribution < 1.29 is 28.5 Å². The van der Waals surface area contributed by atoms with E-state index in [1.54, 1.807) is 20.4 Å². The Morgan fingerprint density at radius 3 is 2.50 bits per heavy atom. The second-order valence-electron chi connectivity index (χ2n) is 9.26. The maximum absolute atomic E-state index is 13.4. The zero-order chi connectivity index (χ0) is 26.3. The van der Waals surface area contributed by atoms with Gasteiger partial charge in [0, 0.05) is 18.7 Å². The SMILES string of the molecule is COc1cccc(OC)c1OCCN1CCC(C(=O)NC(c2ccc3c(c2)OCO3)c2ccccn2)CC1. The van der Waals surface area contributed by atoms with Crippen LogP contribution in [0.5, 0.6) is 28.7 Å². The molecule has 1 saturated heterocycles. The number of piperidine rings is 1. The van der Waals surface area contributed by atoms with Crippen molar-refractivity contribution in [2.75, 3.05) is 47.3 Å². The highest BCUT2D eigenvalue weighted by Crippen LogP contribution is 2.37. The molecule has 0 aliphatic carbocycles. The molecule has 3 aromatic rings. The number of aromatic nitrogens is 1. The average molecular weight is 520 g/mol. The third kappa shape index (κ3) is 5.78. The minimum Gasteiger partial charge on any atom is -0.493 e. The maximum Gasteiger partial charge on any atom is 0.231 e. The van der Waals surface area contributed by atoms with Gasteiger partial charge in [-0.2, -0.15) is 0 Å². The molecule has 9 heteroatoms. The Labute approximate surface area is 222 Å². The fraction of sp³-hybridized carbons (Fsp3) is 0.379. The van der Waals surface area contributed by atoms with E-state index in [1.807, 2.05) is 54.6 Å². The summed E-state index contributed by atoms with van der Waals surface area (Å²) in [5.74, 6) is 3.25. The molecule has 1 amide bonds. The number of nitrogens with zero attached hydrogens (tertiary/aromatic N) is 2. The number of pyridine rings is 1. The highest BCUT2D eigenvalue weighted by Gasteiger charge is 2.29. The van der Waals surface area contributed by atoms with Gasteiger partial charge >= 0.3 is 0 Å². The number of hydrogen-bond acceptors (Lipinski definition) is 8. The highest BCUT2D eigenvalue weighted by molar-refractivity contribution is 5.79. The lowest BCUT2D eigenvalue weighted by Gasteiger charge is -2.32. The van der Waals surface area contributed by atoms with E-state index >= 15 is 0 Å². The Balaban J connectivity index is 1.17. The summed E-state index contributed by atoms with van der Waals surface area (Å²) in [6, 6.07) is 16.7. The largest absolute Gasteiger partial charge is 0.493 e. The lowest BCUT2D eigenvalue weighted by molar-refractivity contribution is -0.127. The average Bonchev–Trinajstić information content (AvgIpc) is 3.44. The Morgan fingerprint density at radius 2 is 1.79 bits per heavy atom. The first-order valence-corrected chi connectivity index (χ1v) is 12.8. The van der Waals surface area contributed by atoms with Crippen LogP contribution in [-0.4, -0.2) is 63.0 Å². The van der Waals surface area contributed by atoms with Crippen LogP contribution >= 0.6 is 0 Å². The summed E-state index contributed by atoms with van der Waals surface area (Å²) in [6.45, 7) is 3.10. The van der Waals surface area contributed by atoms with E-state index in [0.717, 1.165) is 43.7 Å². The van der Waals surface area contributed by atoms with Crippen molar-refractivity contribution in [1.29, 1.82) is 0 Å². The van der Waals surface area contributed by atoms with Gasteiger partial charge in [0.1, 0.15) is 6.61 Å². The molecule has 9 nitrogen and oxygen atoms in total. The van der Waals surface area contributed by atoms with E-state index in [9.17, 15) is 4.79 Å². The summed E-state index contributed by atoms with van der Waals surface area (Å²) < 4.78 is 27.8. The van der Waals surface area contributed by atoms with Gasteiger partial charge in [0.05, 0.1) is 26.0 Å². The number of hydrogen-bond donors (Lipinski definition) is 1. The number of fused-ring (bicyclic) bond motifs is 1. The third-order valence-electron chi connectivity index (χ3n) is 6.99. The molecule has 2 aliphatic rings. The molecule has 1 aromatic heterocycles. The molecule has 0 spiro atoms. The van der Waals surface area contributed by atoms with Crippen molar-refractivity contribution in [3.8, 4) is 28.7 Å². The van der Waals surface area contributed by atoms with Crippen molar-refractivity contribution in [2.24, 2.45) is 5.92 Å². The van der Waals surface area contributed by atoms with Gasteiger partial charge < -0.3 is 29.0 Å². The zero-order valence-electron chi connectivity index (χ0n) is 21.7. The van der Waals surface area contributed by atoms with Gasteiger partial charge in [0.15, 0.2) is 23.0 Å². The van der Waals surface area contributed by atoms with Gasteiger partial charge in [-0.3, -0.25) is 14.7 Å². The van der Waals surface area contributed by atoms with Crippen LogP contribution in [0.2, 0.25) is 0 Å². The van der Waals surface area contributed by atoms with Gasteiger partial charge in [-0.15, -0.1) is 0 Å². The summed E-state index contributed by atoms with van der Waals surface area (Å²) in [5, 5.41) is 3.25. The monoisotopic (exact) mass is 519 g/mol. The number of nitrogens with one attached hydrogen (secondary N) is 1. The first kappa shape index (κ1) is 25.7. The smallest absolute Gasteiger partial charge is 0.231 e. The Hall–Kier alpha value is -3.98. The standard InChI is InChI=1S/C29H33N3O6/c1-34-24-7-5-8-25(35-2)28(24)36-17-16-32-14-11-20(12-15-32)29(33)31-27(22-6-3-4-13-30-22)21-9-10-23-26(18-21)38-19-37-23/h3-10,13,18,20,27H,11-12,14-17,19H2,1-2H3,(H,31,33). The van der Waals surface area contributed by atoms with Crippen molar-refractivity contribution >= 4 is 5.91 Å². The molecule has 0 radical (unpaired) electrons. The van der Waals surface area contributed by atoms with E-state index in [0.29, 0.717) is 35.4 Å². The maximum atomic E-state index is 13.4. The molecule has 1 fully saturated rings. The number of amides is 1. The molecule has 38 heavy (non-hydrogen) atoms. The fourth-order valence-corrected chi connectivity index (χ4v) is 4.88. The van der Waals surface area contributed by atoms with Crippen LogP contribution in [0.25, 0.3) is 0 Å². The molecule has 1 unspecified atom stereocenters. The molecule has 1 atom stereocenters. The summed E-state index contributed by atoms with van der Waals surface area (Å²) in [4.78, 5) is 20.2. The van der Waals surface area contributed by atoms with E-state index in [-0.39, 0.29) is 24.7 Å². The van der Waals surface area contributed by atoms with Crippen LogP contribution in [0.1, 0.15) is 30.1 Å². The number of methoxy groups -OCH3 is 2. The van der Waals surface area contributed by atoms with Gasteiger partial charge in [0.25, 0.3) is 0 Å². The molecule has 0 saturated carbocycles. The van der Waals surface area contributed by atoms with Gasteiger partial charge in [0.2, 0.25) is 18.4 Å². The lowest BCUT2D eigenvalue weighted by atomic mass is 9.94. The van der Waals surface area contributed by atoms with Gasteiger partial charge in [-0.25, -0.2) is 0 Å². The van der Waals surface area contributed by atoms with Crippen LogP contribution < -0.4 is 29.0 Å². The Bertz CT molecular complexity index is 1210. The van der Waals surface area contributed by atoms with Crippen LogP contribution in [0, 0.1) is 5.92 Å². The Morgan fingerprint density at radius 1 is 1.03 bits per heavy atom. The first-order valence-electron chi connectivity index (χ1n) is 12.8. The van der Waals surface area contributed by atoms with Crippen LogP contribution in [0.15, 0.2) is 60.8 Å². The molecule has 3 heterocycles. The second-order valence-corrected chi connectivity index (χ2v) is 9.26. The van der Waals surface area contributed by atoms with E-state index in [2.05, 4.69) is 15.2 Å². The summed E-state index contributed by atoms with van der Waals surface area (Å²) >= 11 is 0. The van der Waals surface area contributed by atoms with E-state index in [1.165, 1.54) is 0 Å². The van der Waals surface area contributed by atoms with Crippen molar-refractivity contribution in [2.45, 2.75) is 18.9 Å². The molecular weight excluding hydrogens is 486 g/mol. The number of ether oxygens (including phenoxy) is 5. The molecular formula is C29H33N3O6. The summed E-state index contributed by atoms with van der Waals surface area (Å²) in [6.07, 6.45) is 3.29. The van der Waals surface area contributed by atoms with E-state index < -0.39 is 0 Å². The number of carbonyl (C=O) groups excluding carboxylic acids is 1. The zero-order valence-corrected chi connectivity index (χ0v) is 21.7. The quantitative estimate of drug-likeness (QED) is 0.432. The fourth-order valence-electron chi connectivity index (χ4n) is 4.88. The normalized spacial score (nSPS) is 16.1. The first-order chi connectivity index (χ1) is 18.7. The van der Waals surface area contributed by atoms with E-state index in [4.69, 9.17) is 23.7 Å². The Kier molecular flexibility index (Phi) is 8.13. The number of para-hydroxylation sites is 1.